The maximum atomic E-state index is 10.3. The molecule has 0 bridgehead atoms. The second-order valence-corrected chi connectivity index (χ2v) is 7.20. The molecule has 2 heteroatoms. The van der Waals surface area contributed by atoms with E-state index in [9.17, 15) is 5.11 Å². The van der Waals surface area contributed by atoms with Crippen molar-refractivity contribution in [2.24, 2.45) is 0 Å². The van der Waals surface area contributed by atoms with E-state index in [1.165, 1.54) is 22.6 Å². The molecule has 0 fully saturated rings. The normalized spacial score (nSPS) is 18.6. The number of nitrogens with zero attached hydrogens (tertiary/aromatic N) is 1. The summed E-state index contributed by atoms with van der Waals surface area (Å²) in [6.07, 6.45) is 2.71. The molecular weight excluding hydrogens is 258 g/mol. The van der Waals surface area contributed by atoms with Crippen molar-refractivity contribution < 1.29 is 5.11 Å². The fraction of sp³-hybridized carbons (Fsp3) is 0.474. The fourth-order valence-electron chi connectivity index (χ4n) is 3.52. The van der Waals surface area contributed by atoms with Gasteiger partial charge in [0, 0.05) is 22.6 Å². The number of aromatic nitrogens is 1. The molecule has 1 aromatic heterocycles. The lowest BCUT2D eigenvalue weighted by Gasteiger charge is -2.26. The van der Waals surface area contributed by atoms with Crippen LogP contribution < -0.4 is 0 Å². The van der Waals surface area contributed by atoms with Crippen molar-refractivity contribution >= 4 is 0 Å². The van der Waals surface area contributed by atoms with Crippen molar-refractivity contribution in [1.29, 1.82) is 0 Å². The zero-order chi connectivity index (χ0) is 15.2. The average Bonchev–Trinajstić information content (AvgIpc) is 2.75. The number of fused-ring (bicyclic) bond motifs is 1. The van der Waals surface area contributed by atoms with Gasteiger partial charge in [-0.1, -0.05) is 39.0 Å². The van der Waals surface area contributed by atoms with E-state index >= 15 is 0 Å². The molecule has 1 atom stereocenters. The Kier molecular flexibility index (Phi) is 3.45. The summed E-state index contributed by atoms with van der Waals surface area (Å²) in [4.78, 5) is 0. The predicted molar refractivity (Wildman–Crippen MR) is 87.1 cm³/mol. The summed E-state index contributed by atoms with van der Waals surface area (Å²) in [6.45, 7) is 8.91. The Morgan fingerprint density at radius 1 is 1.19 bits per heavy atom. The Labute approximate surface area is 127 Å². The number of aliphatic hydroxyl groups is 1. The highest BCUT2D eigenvalue weighted by Gasteiger charge is 2.26. The lowest BCUT2D eigenvalue weighted by molar-refractivity contribution is 0.156. The van der Waals surface area contributed by atoms with Gasteiger partial charge in [0.15, 0.2) is 0 Å². The average molecular weight is 283 g/mol. The molecule has 1 aromatic carbocycles. The standard InChI is InChI=1S/C19H25NO/c1-13-12-14-16(10-7-11-18(14)21)20(13)17-9-6-5-8-15(17)19(2,3)4/h5-6,8-9,12,18,21H,7,10-11H2,1-4H3. The maximum absolute atomic E-state index is 10.3. The van der Waals surface area contributed by atoms with Gasteiger partial charge in [0.25, 0.3) is 0 Å². The van der Waals surface area contributed by atoms with Crippen LogP contribution in [0.25, 0.3) is 5.69 Å². The van der Waals surface area contributed by atoms with Gasteiger partial charge in [0.2, 0.25) is 0 Å². The highest BCUT2D eigenvalue weighted by atomic mass is 16.3. The third kappa shape index (κ3) is 2.42. The van der Waals surface area contributed by atoms with Gasteiger partial charge >= 0.3 is 0 Å². The van der Waals surface area contributed by atoms with Gasteiger partial charge in [0.05, 0.1) is 6.10 Å². The summed E-state index contributed by atoms with van der Waals surface area (Å²) in [7, 11) is 0. The first kappa shape index (κ1) is 14.4. The van der Waals surface area contributed by atoms with Crippen LogP contribution in [-0.2, 0) is 11.8 Å². The van der Waals surface area contributed by atoms with Crippen molar-refractivity contribution in [2.75, 3.05) is 0 Å². The minimum absolute atomic E-state index is 0.105. The van der Waals surface area contributed by atoms with E-state index in [2.05, 4.69) is 62.6 Å². The SMILES string of the molecule is Cc1cc2c(n1-c1ccccc1C(C)(C)C)CCCC2O. The van der Waals surface area contributed by atoms with E-state index in [1.807, 2.05) is 0 Å². The van der Waals surface area contributed by atoms with E-state index in [0.717, 1.165) is 24.8 Å². The topological polar surface area (TPSA) is 25.2 Å². The Morgan fingerprint density at radius 2 is 1.90 bits per heavy atom. The molecular formula is C19H25NO. The summed E-state index contributed by atoms with van der Waals surface area (Å²) in [5.74, 6) is 0. The first-order chi connectivity index (χ1) is 9.89. The lowest BCUT2D eigenvalue weighted by Crippen LogP contribution is -2.18. The molecule has 1 heterocycles. The van der Waals surface area contributed by atoms with Crippen molar-refractivity contribution in [1.82, 2.24) is 4.57 Å². The molecule has 0 saturated heterocycles. The van der Waals surface area contributed by atoms with E-state index in [4.69, 9.17) is 0 Å². The molecule has 0 spiro atoms. The molecule has 2 aromatic rings. The van der Waals surface area contributed by atoms with Gasteiger partial charge in [-0.25, -0.2) is 0 Å². The molecule has 0 aliphatic heterocycles. The van der Waals surface area contributed by atoms with Crippen molar-refractivity contribution in [3.63, 3.8) is 0 Å². The van der Waals surface area contributed by atoms with Crippen LogP contribution in [0.15, 0.2) is 30.3 Å². The Hall–Kier alpha value is -1.54. The molecule has 1 N–H and O–H groups in total. The Bertz CT molecular complexity index is 661. The minimum Gasteiger partial charge on any atom is -0.388 e. The highest BCUT2D eigenvalue weighted by molar-refractivity contribution is 5.50. The number of para-hydroxylation sites is 1. The summed E-state index contributed by atoms with van der Waals surface area (Å²) in [5.41, 5.74) is 6.36. The van der Waals surface area contributed by atoms with Gasteiger partial charge in [-0.15, -0.1) is 0 Å². The molecule has 0 amide bonds. The Morgan fingerprint density at radius 3 is 2.62 bits per heavy atom. The van der Waals surface area contributed by atoms with Crippen LogP contribution in [0.5, 0.6) is 0 Å². The second-order valence-electron chi connectivity index (χ2n) is 7.20. The van der Waals surface area contributed by atoms with Crippen LogP contribution in [0, 0.1) is 6.92 Å². The molecule has 2 nitrogen and oxygen atoms in total. The summed E-state index contributed by atoms with van der Waals surface area (Å²) >= 11 is 0. The monoisotopic (exact) mass is 283 g/mol. The van der Waals surface area contributed by atoms with Crippen LogP contribution in [0.4, 0.5) is 0 Å². The van der Waals surface area contributed by atoms with Crippen molar-refractivity contribution in [2.45, 2.75) is 58.5 Å². The smallest absolute Gasteiger partial charge is 0.0807 e. The van der Waals surface area contributed by atoms with Gasteiger partial charge in [-0.2, -0.15) is 0 Å². The van der Waals surface area contributed by atoms with Gasteiger partial charge < -0.3 is 9.67 Å². The summed E-state index contributed by atoms with van der Waals surface area (Å²) in [6, 6.07) is 10.8. The predicted octanol–water partition coefficient (Wildman–Crippen LogP) is 4.45. The summed E-state index contributed by atoms with van der Waals surface area (Å²) < 4.78 is 2.36. The van der Waals surface area contributed by atoms with Gasteiger partial charge in [-0.05, 0) is 49.3 Å². The van der Waals surface area contributed by atoms with Crippen LogP contribution in [0.3, 0.4) is 0 Å². The van der Waals surface area contributed by atoms with E-state index in [0.29, 0.717) is 0 Å². The molecule has 0 saturated carbocycles. The third-order valence-electron chi connectivity index (χ3n) is 4.52. The first-order valence-corrected chi connectivity index (χ1v) is 7.88. The van der Waals surface area contributed by atoms with Crippen molar-refractivity contribution in [3.8, 4) is 5.69 Å². The largest absolute Gasteiger partial charge is 0.388 e. The number of benzene rings is 1. The zero-order valence-corrected chi connectivity index (χ0v) is 13.5. The van der Waals surface area contributed by atoms with E-state index in [1.54, 1.807) is 0 Å². The number of hydrogen-bond acceptors (Lipinski definition) is 1. The van der Waals surface area contributed by atoms with Crippen LogP contribution in [0.1, 0.15) is 62.2 Å². The molecule has 1 unspecified atom stereocenters. The second kappa shape index (κ2) is 5.03. The fourth-order valence-corrected chi connectivity index (χ4v) is 3.52. The minimum atomic E-state index is -0.296. The zero-order valence-electron chi connectivity index (χ0n) is 13.5. The third-order valence-corrected chi connectivity index (χ3v) is 4.52. The highest BCUT2D eigenvalue weighted by Crippen LogP contribution is 2.36. The lowest BCUT2D eigenvalue weighted by atomic mass is 9.85. The van der Waals surface area contributed by atoms with E-state index < -0.39 is 0 Å². The summed E-state index contributed by atoms with van der Waals surface area (Å²) in [5, 5.41) is 10.3. The van der Waals surface area contributed by atoms with Crippen LogP contribution in [0.2, 0.25) is 0 Å². The first-order valence-electron chi connectivity index (χ1n) is 7.88. The number of aliphatic hydroxyl groups excluding tert-OH is 1. The van der Waals surface area contributed by atoms with Gasteiger partial charge in [0.1, 0.15) is 0 Å². The van der Waals surface area contributed by atoms with Gasteiger partial charge in [-0.3, -0.25) is 0 Å². The van der Waals surface area contributed by atoms with E-state index in [-0.39, 0.29) is 11.5 Å². The van der Waals surface area contributed by atoms with Crippen LogP contribution >= 0.6 is 0 Å². The molecule has 1 aliphatic carbocycles. The Balaban J connectivity index is 2.23. The molecule has 21 heavy (non-hydrogen) atoms. The number of aryl methyl sites for hydroxylation is 1. The molecule has 0 radical (unpaired) electrons. The number of rotatable bonds is 1. The van der Waals surface area contributed by atoms with Crippen molar-refractivity contribution in [3.05, 3.63) is 52.8 Å². The molecule has 1 aliphatic rings. The molecule has 112 valence electrons. The molecule has 3 rings (SSSR count). The maximum Gasteiger partial charge on any atom is 0.0807 e. The van der Waals surface area contributed by atoms with Crippen LogP contribution in [-0.4, -0.2) is 9.67 Å². The quantitative estimate of drug-likeness (QED) is 0.821. The number of hydrogen-bond donors (Lipinski definition) is 1.